The van der Waals surface area contributed by atoms with E-state index in [2.05, 4.69) is 15.0 Å². The first-order valence-corrected chi connectivity index (χ1v) is 7.64. The predicted octanol–water partition coefficient (Wildman–Crippen LogP) is 2.75. The Balaban J connectivity index is 1.84. The minimum atomic E-state index is -0.0905. The van der Waals surface area contributed by atoms with Crippen LogP contribution in [0.2, 0.25) is 0 Å². The molecule has 0 aliphatic carbocycles. The molecule has 1 aliphatic rings. The number of benzene rings is 1. The SMILES string of the molecule is CNc1snc(C)c1C(=O)N[C@H]1CCOc2ccccc21. The number of ether oxygens (including phenoxy) is 1. The molecule has 0 spiro atoms. The summed E-state index contributed by atoms with van der Waals surface area (Å²) < 4.78 is 9.86. The maximum Gasteiger partial charge on any atom is 0.256 e. The summed E-state index contributed by atoms with van der Waals surface area (Å²) in [7, 11) is 1.80. The van der Waals surface area contributed by atoms with E-state index < -0.39 is 0 Å². The molecule has 2 N–H and O–H groups in total. The summed E-state index contributed by atoms with van der Waals surface area (Å²) in [6.45, 7) is 2.46. The summed E-state index contributed by atoms with van der Waals surface area (Å²) in [5.74, 6) is 0.760. The van der Waals surface area contributed by atoms with Crippen LogP contribution in [0.15, 0.2) is 24.3 Å². The van der Waals surface area contributed by atoms with Gasteiger partial charge in [-0.1, -0.05) is 18.2 Å². The zero-order valence-corrected chi connectivity index (χ0v) is 12.8. The van der Waals surface area contributed by atoms with E-state index in [-0.39, 0.29) is 11.9 Å². The van der Waals surface area contributed by atoms with Gasteiger partial charge in [-0.2, -0.15) is 4.37 Å². The normalized spacial score (nSPS) is 16.8. The van der Waals surface area contributed by atoms with Crippen LogP contribution in [0.4, 0.5) is 5.00 Å². The van der Waals surface area contributed by atoms with Crippen LogP contribution < -0.4 is 15.4 Å². The highest BCUT2D eigenvalue weighted by molar-refractivity contribution is 7.10. The second-order valence-electron chi connectivity index (χ2n) is 4.92. The zero-order chi connectivity index (χ0) is 14.8. The molecule has 0 bridgehead atoms. The van der Waals surface area contributed by atoms with Crippen LogP contribution in [0, 0.1) is 6.92 Å². The van der Waals surface area contributed by atoms with Crippen molar-refractivity contribution in [1.82, 2.24) is 9.69 Å². The first-order chi connectivity index (χ1) is 10.2. The van der Waals surface area contributed by atoms with Crippen molar-refractivity contribution in [2.45, 2.75) is 19.4 Å². The number of hydrogen-bond donors (Lipinski definition) is 2. The monoisotopic (exact) mass is 303 g/mol. The van der Waals surface area contributed by atoms with Gasteiger partial charge < -0.3 is 15.4 Å². The summed E-state index contributed by atoms with van der Waals surface area (Å²) in [6.07, 6.45) is 0.772. The van der Waals surface area contributed by atoms with Crippen molar-refractivity contribution in [2.75, 3.05) is 19.0 Å². The molecule has 6 heteroatoms. The molecule has 2 heterocycles. The van der Waals surface area contributed by atoms with E-state index in [1.807, 2.05) is 31.2 Å². The lowest BCUT2D eigenvalue weighted by Gasteiger charge is -2.26. The highest BCUT2D eigenvalue weighted by atomic mass is 32.1. The van der Waals surface area contributed by atoms with Crippen molar-refractivity contribution >= 4 is 22.4 Å². The van der Waals surface area contributed by atoms with Gasteiger partial charge in [-0.3, -0.25) is 4.79 Å². The molecule has 21 heavy (non-hydrogen) atoms. The third-order valence-corrected chi connectivity index (χ3v) is 4.54. The fraction of sp³-hybridized carbons (Fsp3) is 0.333. The summed E-state index contributed by atoms with van der Waals surface area (Å²) in [6, 6.07) is 7.81. The van der Waals surface area contributed by atoms with Gasteiger partial charge >= 0.3 is 0 Å². The van der Waals surface area contributed by atoms with E-state index in [4.69, 9.17) is 4.74 Å². The first-order valence-electron chi connectivity index (χ1n) is 6.87. The Morgan fingerprint density at radius 1 is 1.43 bits per heavy atom. The third-order valence-electron chi connectivity index (χ3n) is 3.58. The Kier molecular flexibility index (Phi) is 3.79. The maximum atomic E-state index is 12.6. The number of nitrogens with zero attached hydrogens (tertiary/aromatic N) is 1. The minimum absolute atomic E-state index is 0.0218. The van der Waals surface area contributed by atoms with Crippen LogP contribution >= 0.6 is 11.5 Å². The Hall–Kier alpha value is -2.08. The molecule has 110 valence electrons. The molecule has 1 aromatic heterocycles. The van der Waals surface area contributed by atoms with Crippen molar-refractivity contribution in [1.29, 1.82) is 0 Å². The van der Waals surface area contributed by atoms with Crippen LogP contribution in [0.1, 0.15) is 34.1 Å². The molecule has 0 unspecified atom stereocenters. The van der Waals surface area contributed by atoms with E-state index in [9.17, 15) is 4.79 Å². The zero-order valence-electron chi connectivity index (χ0n) is 12.0. The van der Waals surface area contributed by atoms with E-state index in [1.54, 1.807) is 7.05 Å². The number of nitrogens with one attached hydrogen (secondary N) is 2. The van der Waals surface area contributed by atoms with Crippen molar-refractivity contribution in [3.63, 3.8) is 0 Å². The number of para-hydroxylation sites is 1. The van der Waals surface area contributed by atoms with Crippen molar-refractivity contribution < 1.29 is 9.53 Å². The molecular formula is C15H17N3O2S. The van der Waals surface area contributed by atoms with Crippen LogP contribution in [-0.4, -0.2) is 23.9 Å². The van der Waals surface area contributed by atoms with Gasteiger partial charge in [0.25, 0.3) is 5.91 Å². The highest BCUT2D eigenvalue weighted by Crippen LogP contribution is 2.32. The quantitative estimate of drug-likeness (QED) is 0.915. The van der Waals surface area contributed by atoms with Gasteiger partial charge in [0.2, 0.25) is 0 Å². The van der Waals surface area contributed by atoms with Crippen LogP contribution in [0.3, 0.4) is 0 Å². The number of amides is 1. The van der Waals surface area contributed by atoms with Gasteiger partial charge in [-0.15, -0.1) is 0 Å². The number of carbonyl (C=O) groups excluding carboxylic acids is 1. The van der Waals surface area contributed by atoms with Crippen LogP contribution in [0.5, 0.6) is 5.75 Å². The highest BCUT2D eigenvalue weighted by Gasteiger charge is 2.25. The molecule has 0 saturated heterocycles. The van der Waals surface area contributed by atoms with Gasteiger partial charge in [0.1, 0.15) is 10.8 Å². The largest absolute Gasteiger partial charge is 0.493 e. The molecule has 5 nitrogen and oxygen atoms in total. The number of anilines is 1. The van der Waals surface area contributed by atoms with Crippen molar-refractivity contribution in [3.05, 3.63) is 41.1 Å². The van der Waals surface area contributed by atoms with Gasteiger partial charge in [0.15, 0.2) is 0 Å². The molecular weight excluding hydrogens is 286 g/mol. The summed E-state index contributed by atoms with van der Waals surface area (Å²) in [5.41, 5.74) is 2.41. The second-order valence-corrected chi connectivity index (χ2v) is 5.70. The molecule has 1 aromatic carbocycles. The summed E-state index contributed by atoms with van der Waals surface area (Å²) in [5, 5.41) is 6.92. The van der Waals surface area contributed by atoms with Gasteiger partial charge in [-0.25, -0.2) is 0 Å². The first kappa shape index (κ1) is 13.9. The molecule has 0 fully saturated rings. The average Bonchev–Trinajstić information content (AvgIpc) is 2.88. The molecule has 1 aliphatic heterocycles. The van der Waals surface area contributed by atoms with E-state index in [0.29, 0.717) is 12.2 Å². The number of fused-ring (bicyclic) bond motifs is 1. The molecule has 2 aromatic rings. The molecule has 1 amide bonds. The smallest absolute Gasteiger partial charge is 0.256 e. The number of aromatic nitrogens is 1. The maximum absolute atomic E-state index is 12.6. The van der Waals surface area contributed by atoms with Crippen LogP contribution in [-0.2, 0) is 0 Å². The molecule has 0 saturated carbocycles. The third kappa shape index (κ3) is 2.58. The topological polar surface area (TPSA) is 63.2 Å². The number of hydrogen-bond acceptors (Lipinski definition) is 5. The van der Waals surface area contributed by atoms with E-state index in [1.165, 1.54) is 11.5 Å². The van der Waals surface area contributed by atoms with E-state index in [0.717, 1.165) is 28.4 Å². The second kappa shape index (κ2) is 5.73. The number of carbonyl (C=O) groups is 1. The number of rotatable bonds is 3. The van der Waals surface area contributed by atoms with Crippen molar-refractivity contribution in [2.24, 2.45) is 0 Å². The van der Waals surface area contributed by atoms with E-state index >= 15 is 0 Å². The Bertz CT molecular complexity index is 669. The summed E-state index contributed by atoms with van der Waals surface area (Å²) in [4.78, 5) is 12.6. The van der Waals surface area contributed by atoms with Gasteiger partial charge in [0.05, 0.1) is 23.9 Å². The van der Waals surface area contributed by atoms with Gasteiger partial charge in [-0.05, 0) is 24.5 Å². The summed E-state index contributed by atoms with van der Waals surface area (Å²) >= 11 is 1.31. The number of aryl methyl sites for hydroxylation is 1. The fourth-order valence-corrected chi connectivity index (χ4v) is 3.27. The Morgan fingerprint density at radius 3 is 3.05 bits per heavy atom. The van der Waals surface area contributed by atoms with Crippen LogP contribution in [0.25, 0.3) is 0 Å². The predicted molar refractivity (Wildman–Crippen MR) is 83.2 cm³/mol. The Labute approximate surface area is 127 Å². The molecule has 1 atom stereocenters. The average molecular weight is 303 g/mol. The molecule has 3 rings (SSSR count). The Morgan fingerprint density at radius 2 is 2.24 bits per heavy atom. The minimum Gasteiger partial charge on any atom is -0.493 e. The lowest BCUT2D eigenvalue weighted by Crippen LogP contribution is -2.32. The lowest BCUT2D eigenvalue weighted by molar-refractivity contribution is 0.0925. The molecule has 0 radical (unpaired) electrons. The standard InChI is InChI=1S/C15H17N3O2S/c1-9-13(15(16-2)21-18-9)14(19)17-11-7-8-20-12-6-4-3-5-10(11)12/h3-6,11,16H,7-8H2,1-2H3,(H,17,19)/t11-/m0/s1. The fourth-order valence-electron chi connectivity index (χ4n) is 2.53. The van der Waals surface area contributed by atoms with Gasteiger partial charge in [0, 0.05) is 19.0 Å². The lowest BCUT2D eigenvalue weighted by atomic mass is 10.00. The van der Waals surface area contributed by atoms with Crippen molar-refractivity contribution in [3.8, 4) is 5.75 Å².